The molecule has 2 nitrogen and oxygen atoms in total. The molecule has 0 aliphatic heterocycles. The van der Waals surface area contributed by atoms with E-state index in [9.17, 15) is 18.4 Å². The first-order valence-corrected chi connectivity index (χ1v) is 4.43. The Bertz CT molecular complexity index is 416. The number of alkyl halides is 2. The van der Waals surface area contributed by atoms with Gasteiger partial charge in [-0.05, 0) is 19.1 Å². The molecule has 1 aromatic rings. The third kappa shape index (κ3) is 2.21. The smallest absolute Gasteiger partial charge is 0.265 e. The monoisotopic (exact) mass is 232 g/mol. The van der Waals surface area contributed by atoms with E-state index < -0.39 is 17.8 Å². The fraction of sp³-hybridized carbons (Fsp3) is 0.200. The Balaban J connectivity index is 3.56. The van der Waals surface area contributed by atoms with Crippen LogP contribution in [0.2, 0.25) is 5.02 Å². The van der Waals surface area contributed by atoms with Crippen molar-refractivity contribution in [1.82, 2.24) is 0 Å². The van der Waals surface area contributed by atoms with Gasteiger partial charge in [-0.2, -0.15) is 0 Å². The van der Waals surface area contributed by atoms with Crippen molar-refractivity contribution in [2.75, 3.05) is 0 Å². The van der Waals surface area contributed by atoms with Crippen molar-refractivity contribution < 1.29 is 18.4 Å². The van der Waals surface area contributed by atoms with Gasteiger partial charge in [0.1, 0.15) is 0 Å². The number of hydrogen-bond acceptors (Lipinski definition) is 2. The highest BCUT2D eigenvalue weighted by Gasteiger charge is 2.21. The number of hydrogen-bond donors (Lipinski definition) is 0. The van der Waals surface area contributed by atoms with Gasteiger partial charge in [0, 0.05) is 16.7 Å². The van der Waals surface area contributed by atoms with Crippen LogP contribution in [0.4, 0.5) is 8.78 Å². The summed E-state index contributed by atoms with van der Waals surface area (Å²) >= 11 is 5.57. The Hall–Kier alpha value is -1.29. The zero-order valence-corrected chi connectivity index (χ0v) is 8.52. The molecule has 0 amide bonds. The topological polar surface area (TPSA) is 34.1 Å². The van der Waals surface area contributed by atoms with Crippen molar-refractivity contribution in [2.24, 2.45) is 0 Å². The van der Waals surface area contributed by atoms with Crippen LogP contribution in [0.1, 0.15) is 39.6 Å². The molecule has 0 aliphatic rings. The van der Waals surface area contributed by atoms with Gasteiger partial charge < -0.3 is 0 Å². The molecule has 0 radical (unpaired) electrons. The predicted molar refractivity (Wildman–Crippen MR) is 51.8 cm³/mol. The first-order chi connectivity index (χ1) is 6.99. The molecule has 0 saturated carbocycles. The van der Waals surface area contributed by atoms with Gasteiger partial charge in [0.15, 0.2) is 12.1 Å². The van der Waals surface area contributed by atoms with Crippen LogP contribution in [0, 0.1) is 0 Å². The molecule has 0 N–H and O–H groups in total. The molecular weight excluding hydrogens is 226 g/mol. The first-order valence-electron chi connectivity index (χ1n) is 4.05. The lowest BCUT2D eigenvalue weighted by molar-refractivity contribution is 0.0997. The van der Waals surface area contributed by atoms with Crippen molar-refractivity contribution in [1.29, 1.82) is 0 Å². The maximum Gasteiger partial charge on any atom is 0.265 e. The van der Waals surface area contributed by atoms with Gasteiger partial charge in [-0.1, -0.05) is 11.6 Å². The molecular formula is C10H7ClF2O2. The Morgan fingerprint density at radius 1 is 1.47 bits per heavy atom. The second kappa shape index (κ2) is 4.49. The third-order valence-corrected chi connectivity index (χ3v) is 2.28. The summed E-state index contributed by atoms with van der Waals surface area (Å²) in [6.07, 6.45) is -2.67. The van der Waals surface area contributed by atoms with E-state index in [-0.39, 0.29) is 22.4 Å². The van der Waals surface area contributed by atoms with Crippen molar-refractivity contribution in [3.05, 3.63) is 33.8 Å². The van der Waals surface area contributed by atoms with Crippen LogP contribution in [-0.2, 0) is 0 Å². The minimum Gasteiger partial charge on any atom is -0.298 e. The van der Waals surface area contributed by atoms with Gasteiger partial charge in [-0.15, -0.1) is 0 Å². The van der Waals surface area contributed by atoms with E-state index in [0.29, 0.717) is 0 Å². The quantitative estimate of drug-likeness (QED) is 0.592. The summed E-state index contributed by atoms with van der Waals surface area (Å²) in [6, 6.07) is 2.45. The Morgan fingerprint density at radius 3 is 2.47 bits per heavy atom. The second-order valence-corrected chi connectivity index (χ2v) is 3.30. The molecule has 80 valence electrons. The Morgan fingerprint density at radius 2 is 2.07 bits per heavy atom. The summed E-state index contributed by atoms with van der Waals surface area (Å²) in [6.45, 7) is 1.16. The average Bonchev–Trinajstić information content (AvgIpc) is 2.16. The normalized spacial score (nSPS) is 10.5. The number of Topliss-reactive ketones (excluding diaryl/α,β-unsaturated/α-hetero) is 1. The van der Waals surface area contributed by atoms with Crippen molar-refractivity contribution in [3.63, 3.8) is 0 Å². The number of halogens is 3. The predicted octanol–water partition coefficient (Wildman–Crippen LogP) is 3.29. The highest BCUT2D eigenvalue weighted by Crippen LogP contribution is 2.30. The van der Waals surface area contributed by atoms with Crippen LogP contribution in [0.3, 0.4) is 0 Å². The number of benzene rings is 1. The molecule has 0 heterocycles. The standard InChI is InChI=1S/C10H7ClF2O2/c1-5(15)6-2-3-8(11)7(4-14)9(6)10(12)13/h2-4,10H,1H3. The highest BCUT2D eigenvalue weighted by atomic mass is 35.5. The van der Waals surface area contributed by atoms with Gasteiger partial charge in [-0.25, -0.2) is 8.78 Å². The molecule has 0 saturated heterocycles. The largest absolute Gasteiger partial charge is 0.298 e. The summed E-state index contributed by atoms with van der Waals surface area (Å²) in [5.41, 5.74) is -1.08. The van der Waals surface area contributed by atoms with E-state index in [4.69, 9.17) is 11.6 Å². The second-order valence-electron chi connectivity index (χ2n) is 2.90. The number of ketones is 1. The molecule has 1 aromatic carbocycles. The van der Waals surface area contributed by atoms with Gasteiger partial charge in [-0.3, -0.25) is 9.59 Å². The van der Waals surface area contributed by atoms with Gasteiger partial charge in [0.2, 0.25) is 0 Å². The van der Waals surface area contributed by atoms with Crippen LogP contribution >= 0.6 is 11.6 Å². The average molecular weight is 233 g/mol. The molecule has 0 aliphatic carbocycles. The van der Waals surface area contributed by atoms with Crippen LogP contribution < -0.4 is 0 Å². The highest BCUT2D eigenvalue weighted by molar-refractivity contribution is 6.33. The van der Waals surface area contributed by atoms with Crippen LogP contribution in [-0.4, -0.2) is 12.1 Å². The molecule has 0 spiro atoms. The number of carbonyl (C=O) groups excluding carboxylic acids is 2. The fourth-order valence-corrected chi connectivity index (χ4v) is 1.48. The Labute approximate surface area is 89.8 Å². The summed E-state index contributed by atoms with van der Waals surface area (Å²) in [4.78, 5) is 21.7. The lowest BCUT2D eigenvalue weighted by atomic mass is 9.99. The van der Waals surface area contributed by atoms with Gasteiger partial charge >= 0.3 is 0 Å². The molecule has 5 heteroatoms. The van der Waals surface area contributed by atoms with Gasteiger partial charge in [0.05, 0.1) is 5.02 Å². The fourth-order valence-electron chi connectivity index (χ4n) is 1.27. The van der Waals surface area contributed by atoms with Crippen molar-refractivity contribution in [2.45, 2.75) is 13.3 Å². The van der Waals surface area contributed by atoms with E-state index in [0.717, 1.165) is 6.92 Å². The van der Waals surface area contributed by atoms with E-state index in [2.05, 4.69) is 0 Å². The van der Waals surface area contributed by atoms with Gasteiger partial charge in [0.25, 0.3) is 6.43 Å². The van der Waals surface area contributed by atoms with Crippen molar-refractivity contribution >= 4 is 23.7 Å². The van der Waals surface area contributed by atoms with Crippen LogP contribution in [0.25, 0.3) is 0 Å². The number of aldehydes is 1. The molecule has 0 atom stereocenters. The van der Waals surface area contributed by atoms with Crippen molar-refractivity contribution in [3.8, 4) is 0 Å². The molecule has 0 unspecified atom stereocenters. The Kier molecular flexibility index (Phi) is 3.52. The maximum absolute atomic E-state index is 12.6. The van der Waals surface area contributed by atoms with E-state index in [1.165, 1.54) is 12.1 Å². The lowest BCUT2D eigenvalue weighted by Gasteiger charge is -2.09. The number of carbonyl (C=O) groups is 2. The molecule has 0 bridgehead atoms. The minimum atomic E-state index is -2.90. The number of rotatable bonds is 3. The summed E-state index contributed by atoms with van der Waals surface area (Å²) in [5.74, 6) is -0.523. The SMILES string of the molecule is CC(=O)c1ccc(Cl)c(C=O)c1C(F)F. The molecule has 0 fully saturated rings. The third-order valence-electron chi connectivity index (χ3n) is 1.95. The van der Waals surface area contributed by atoms with E-state index in [1.807, 2.05) is 0 Å². The molecule has 15 heavy (non-hydrogen) atoms. The lowest BCUT2D eigenvalue weighted by Crippen LogP contribution is -2.04. The van der Waals surface area contributed by atoms with Crippen LogP contribution in [0.5, 0.6) is 0 Å². The summed E-state index contributed by atoms with van der Waals surface area (Å²) in [7, 11) is 0. The zero-order chi connectivity index (χ0) is 11.6. The summed E-state index contributed by atoms with van der Waals surface area (Å²) in [5, 5.41) is -0.0784. The van der Waals surface area contributed by atoms with E-state index in [1.54, 1.807) is 0 Å². The zero-order valence-electron chi connectivity index (χ0n) is 7.76. The maximum atomic E-state index is 12.6. The van der Waals surface area contributed by atoms with Crippen LogP contribution in [0.15, 0.2) is 12.1 Å². The molecule has 0 aromatic heterocycles. The minimum absolute atomic E-state index is 0.0784. The first kappa shape index (κ1) is 11.8. The summed E-state index contributed by atoms with van der Waals surface area (Å²) < 4.78 is 25.3. The molecule has 1 rings (SSSR count). The van der Waals surface area contributed by atoms with E-state index >= 15 is 0 Å².